The summed E-state index contributed by atoms with van der Waals surface area (Å²) in [6.45, 7) is 4.52. The largest absolute Gasteiger partial charge is 0.382 e. The number of hydrogen-bond donors (Lipinski definition) is 2. The SMILES string of the molecule is CN=C(NCCCOCCOC)NCc1ccccc1CN(C)C. The lowest BCUT2D eigenvalue weighted by Gasteiger charge is -2.16. The lowest BCUT2D eigenvalue weighted by molar-refractivity contribution is 0.0698. The van der Waals surface area contributed by atoms with Crippen molar-refractivity contribution >= 4 is 5.96 Å². The fourth-order valence-corrected chi connectivity index (χ4v) is 2.25. The maximum Gasteiger partial charge on any atom is 0.191 e. The van der Waals surface area contributed by atoms with Gasteiger partial charge in [0.25, 0.3) is 0 Å². The van der Waals surface area contributed by atoms with Gasteiger partial charge in [-0.15, -0.1) is 0 Å². The standard InChI is InChI=1S/C18H32N4O2/c1-19-18(20-10-7-11-24-13-12-23-4)21-14-16-8-5-6-9-17(16)15-22(2)3/h5-6,8-9H,7,10-15H2,1-4H3,(H2,19,20,21). The van der Waals surface area contributed by atoms with Crippen LogP contribution in [0, 0.1) is 0 Å². The molecule has 0 aromatic heterocycles. The number of ether oxygens (including phenoxy) is 2. The molecule has 0 spiro atoms. The molecular weight excluding hydrogens is 304 g/mol. The van der Waals surface area contributed by atoms with Gasteiger partial charge in [-0.05, 0) is 31.6 Å². The summed E-state index contributed by atoms with van der Waals surface area (Å²) in [7, 11) is 7.63. The molecule has 6 heteroatoms. The van der Waals surface area contributed by atoms with Gasteiger partial charge in [-0.25, -0.2) is 0 Å². The Kier molecular flexibility index (Phi) is 10.8. The summed E-state index contributed by atoms with van der Waals surface area (Å²) in [6, 6.07) is 8.48. The zero-order valence-corrected chi connectivity index (χ0v) is 15.5. The van der Waals surface area contributed by atoms with Crippen LogP contribution in [0.1, 0.15) is 17.5 Å². The Morgan fingerprint density at radius 1 is 1.08 bits per heavy atom. The second-order valence-corrected chi connectivity index (χ2v) is 5.82. The lowest BCUT2D eigenvalue weighted by Crippen LogP contribution is -2.37. The molecule has 6 nitrogen and oxygen atoms in total. The minimum atomic E-state index is 0.642. The van der Waals surface area contributed by atoms with Crippen LogP contribution in [0.25, 0.3) is 0 Å². The maximum atomic E-state index is 5.44. The summed E-state index contributed by atoms with van der Waals surface area (Å²) in [4.78, 5) is 6.44. The van der Waals surface area contributed by atoms with E-state index in [0.29, 0.717) is 13.2 Å². The molecule has 0 radical (unpaired) electrons. The summed E-state index contributed by atoms with van der Waals surface area (Å²) >= 11 is 0. The Balaban J connectivity index is 2.31. The molecule has 0 amide bonds. The van der Waals surface area contributed by atoms with Crippen molar-refractivity contribution in [1.29, 1.82) is 0 Å². The van der Waals surface area contributed by atoms with Crippen LogP contribution in [-0.2, 0) is 22.6 Å². The minimum Gasteiger partial charge on any atom is -0.382 e. The van der Waals surface area contributed by atoms with Crippen LogP contribution in [0.2, 0.25) is 0 Å². The molecule has 1 aromatic carbocycles. The molecule has 0 aliphatic carbocycles. The van der Waals surface area contributed by atoms with Crippen molar-refractivity contribution in [3.8, 4) is 0 Å². The Morgan fingerprint density at radius 3 is 2.50 bits per heavy atom. The van der Waals surface area contributed by atoms with Gasteiger partial charge in [0.2, 0.25) is 0 Å². The molecule has 0 saturated carbocycles. The van der Waals surface area contributed by atoms with Crippen molar-refractivity contribution < 1.29 is 9.47 Å². The predicted molar refractivity (Wildman–Crippen MR) is 99.3 cm³/mol. The van der Waals surface area contributed by atoms with E-state index in [1.807, 2.05) is 0 Å². The first-order valence-electron chi connectivity index (χ1n) is 8.40. The first kappa shape index (κ1) is 20.4. The molecule has 1 rings (SSSR count). The Hall–Kier alpha value is -1.63. The number of benzene rings is 1. The number of aliphatic imine (C=N–C) groups is 1. The highest BCUT2D eigenvalue weighted by molar-refractivity contribution is 5.79. The molecular formula is C18H32N4O2. The van der Waals surface area contributed by atoms with Crippen LogP contribution in [0.15, 0.2) is 29.3 Å². The van der Waals surface area contributed by atoms with Gasteiger partial charge < -0.3 is 25.0 Å². The normalized spacial score (nSPS) is 11.8. The van der Waals surface area contributed by atoms with Gasteiger partial charge in [0.05, 0.1) is 13.2 Å². The van der Waals surface area contributed by atoms with Crippen molar-refractivity contribution in [2.45, 2.75) is 19.5 Å². The monoisotopic (exact) mass is 336 g/mol. The second kappa shape index (κ2) is 12.8. The van der Waals surface area contributed by atoms with E-state index >= 15 is 0 Å². The van der Waals surface area contributed by atoms with Crippen LogP contribution >= 0.6 is 0 Å². The highest BCUT2D eigenvalue weighted by atomic mass is 16.5. The Morgan fingerprint density at radius 2 is 1.83 bits per heavy atom. The number of nitrogens with one attached hydrogen (secondary N) is 2. The lowest BCUT2D eigenvalue weighted by atomic mass is 10.1. The fourth-order valence-electron chi connectivity index (χ4n) is 2.25. The highest BCUT2D eigenvalue weighted by Gasteiger charge is 2.04. The Bertz CT molecular complexity index is 478. The van der Waals surface area contributed by atoms with Crippen LogP contribution in [0.5, 0.6) is 0 Å². The average molecular weight is 336 g/mol. The van der Waals surface area contributed by atoms with Crippen LogP contribution in [0.4, 0.5) is 0 Å². The maximum absolute atomic E-state index is 5.44. The Labute approximate surface area is 146 Å². The van der Waals surface area contributed by atoms with Crippen molar-refractivity contribution in [2.24, 2.45) is 4.99 Å². The number of rotatable bonds is 11. The first-order valence-corrected chi connectivity index (χ1v) is 8.40. The fraction of sp³-hybridized carbons (Fsp3) is 0.611. The van der Waals surface area contributed by atoms with Gasteiger partial charge in [-0.3, -0.25) is 4.99 Å². The van der Waals surface area contributed by atoms with E-state index < -0.39 is 0 Å². The highest BCUT2D eigenvalue weighted by Crippen LogP contribution is 2.10. The minimum absolute atomic E-state index is 0.642. The topological polar surface area (TPSA) is 58.1 Å². The summed E-state index contributed by atoms with van der Waals surface area (Å²) in [6.07, 6.45) is 0.932. The molecule has 1 aromatic rings. The summed E-state index contributed by atoms with van der Waals surface area (Å²) in [5, 5.41) is 6.68. The van der Waals surface area contributed by atoms with Crippen molar-refractivity contribution in [3.05, 3.63) is 35.4 Å². The van der Waals surface area contributed by atoms with Gasteiger partial charge in [0.1, 0.15) is 0 Å². The van der Waals surface area contributed by atoms with Gasteiger partial charge >= 0.3 is 0 Å². The summed E-state index contributed by atoms with van der Waals surface area (Å²) in [5.41, 5.74) is 2.62. The second-order valence-electron chi connectivity index (χ2n) is 5.82. The number of hydrogen-bond acceptors (Lipinski definition) is 4. The third kappa shape index (κ3) is 8.86. The van der Waals surface area contributed by atoms with Gasteiger partial charge in [-0.1, -0.05) is 24.3 Å². The molecule has 0 unspecified atom stereocenters. The zero-order valence-electron chi connectivity index (χ0n) is 15.5. The van der Waals surface area contributed by atoms with Gasteiger partial charge in [-0.2, -0.15) is 0 Å². The van der Waals surface area contributed by atoms with E-state index in [4.69, 9.17) is 9.47 Å². The molecule has 0 fully saturated rings. The molecule has 0 atom stereocenters. The third-order valence-electron chi connectivity index (χ3n) is 3.46. The number of nitrogens with zero attached hydrogens (tertiary/aromatic N) is 2. The number of methoxy groups -OCH3 is 1. The van der Waals surface area contributed by atoms with Gasteiger partial charge in [0, 0.05) is 40.4 Å². The molecule has 0 saturated heterocycles. The smallest absolute Gasteiger partial charge is 0.191 e. The van der Waals surface area contributed by atoms with Gasteiger partial charge in [0.15, 0.2) is 5.96 Å². The molecule has 0 aliphatic rings. The molecule has 0 bridgehead atoms. The summed E-state index contributed by atoms with van der Waals surface area (Å²) in [5.74, 6) is 0.812. The summed E-state index contributed by atoms with van der Waals surface area (Å²) < 4.78 is 10.4. The van der Waals surface area contributed by atoms with E-state index in [1.54, 1.807) is 14.2 Å². The van der Waals surface area contributed by atoms with E-state index in [0.717, 1.165) is 38.6 Å². The van der Waals surface area contributed by atoms with Crippen molar-refractivity contribution in [2.75, 3.05) is 54.6 Å². The van der Waals surface area contributed by atoms with E-state index in [2.05, 4.69) is 58.9 Å². The van der Waals surface area contributed by atoms with E-state index in [-0.39, 0.29) is 0 Å². The van der Waals surface area contributed by atoms with Crippen LogP contribution in [0.3, 0.4) is 0 Å². The molecule has 0 aliphatic heterocycles. The van der Waals surface area contributed by atoms with Crippen molar-refractivity contribution in [3.63, 3.8) is 0 Å². The van der Waals surface area contributed by atoms with E-state index in [9.17, 15) is 0 Å². The van der Waals surface area contributed by atoms with E-state index in [1.165, 1.54) is 11.1 Å². The van der Waals surface area contributed by atoms with Crippen molar-refractivity contribution in [1.82, 2.24) is 15.5 Å². The third-order valence-corrected chi connectivity index (χ3v) is 3.46. The predicted octanol–water partition coefficient (Wildman–Crippen LogP) is 1.47. The molecule has 2 N–H and O–H groups in total. The van der Waals surface area contributed by atoms with Crippen LogP contribution in [-0.4, -0.2) is 65.5 Å². The molecule has 0 heterocycles. The average Bonchev–Trinajstić information content (AvgIpc) is 2.57. The first-order chi connectivity index (χ1) is 11.7. The molecule has 136 valence electrons. The number of guanidine groups is 1. The molecule has 24 heavy (non-hydrogen) atoms. The van der Waals surface area contributed by atoms with Crippen LogP contribution < -0.4 is 10.6 Å². The zero-order chi connectivity index (χ0) is 17.6. The quantitative estimate of drug-likeness (QED) is 0.364.